The number of pyridine rings is 1. The van der Waals surface area contributed by atoms with Gasteiger partial charge in [-0.15, -0.1) is 0 Å². The monoisotopic (exact) mass is 233 g/mol. The lowest BCUT2D eigenvalue weighted by molar-refractivity contribution is 0.346. The molecule has 0 amide bonds. The first-order valence-electron chi connectivity index (χ1n) is 6.37. The summed E-state index contributed by atoms with van der Waals surface area (Å²) in [6, 6.07) is 0. The molecular formula is C15H23NO. The molecule has 1 aliphatic heterocycles. The van der Waals surface area contributed by atoms with Crippen LogP contribution in [0.15, 0.2) is 6.20 Å². The first-order valence-corrected chi connectivity index (χ1v) is 6.37. The quantitative estimate of drug-likeness (QED) is 0.683. The van der Waals surface area contributed by atoms with Crippen molar-refractivity contribution < 1.29 is 4.74 Å². The third kappa shape index (κ3) is 2.18. The summed E-state index contributed by atoms with van der Waals surface area (Å²) >= 11 is 0. The Morgan fingerprint density at radius 3 is 2.24 bits per heavy atom. The van der Waals surface area contributed by atoms with Crippen LogP contribution < -0.4 is 4.74 Å². The molecule has 17 heavy (non-hydrogen) atoms. The summed E-state index contributed by atoms with van der Waals surface area (Å²) in [5.41, 5.74) is 3.94. The van der Waals surface area contributed by atoms with Crippen molar-refractivity contribution in [1.29, 1.82) is 0 Å². The lowest BCUT2D eigenvalue weighted by Gasteiger charge is -2.25. The Morgan fingerprint density at radius 2 is 1.71 bits per heavy atom. The molecule has 0 radical (unpaired) electrons. The molecule has 1 aliphatic rings. The number of hydrogen-bond acceptors (Lipinski definition) is 2. The van der Waals surface area contributed by atoms with E-state index in [1.54, 1.807) is 0 Å². The minimum Gasteiger partial charge on any atom is -0.493 e. The molecule has 2 heterocycles. The van der Waals surface area contributed by atoms with Crippen LogP contribution in [0, 0.1) is 0 Å². The first-order chi connectivity index (χ1) is 7.71. The summed E-state index contributed by atoms with van der Waals surface area (Å²) in [7, 11) is 0. The van der Waals surface area contributed by atoms with Gasteiger partial charge in [0, 0.05) is 29.2 Å². The molecule has 0 spiro atoms. The second-order valence-electron chi connectivity index (χ2n) is 6.93. The molecule has 0 saturated heterocycles. The Hall–Kier alpha value is -1.05. The van der Waals surface area contributed by atoms with Gasteiger partial charge in [0.05, 0.1) is 12.3 Å². The van der Waals surface area contributed by atoms with Crippen molar-refractivity contribution in [2.75, 3.05) is 6.61 Å². The predicted molar refractivity (Wildman–Crippen MR) is 70.8 cm³/mol. The van der Waals surface area contributed by atoms with E-state index in [1.807, 2.05) is 6.20 Å². The standard InChI is InChI=1S/C15H23NO/c1-14(2,3)11-9-16-13(15(4,5)6)10-7-8-17-12(10)11/h9H,7-8H2,1-6H3. The highest BCUT2D eigenvalue weighted by atomic mass is 16.5. The van der Waals surface area contributed by atoms with Crippen LogP contribution in [0.4, 0.5) is 0 Å². The van der Waals surface area contributed by atoms with Crippen molar-refractivity contribution >= 4 is 0 Å². The molecule has 0 aromatic carbocycles. The van der Waals surface area contributed by atoms with Crippen LogP contribution >= 0.6 is 0 Å². The summed E-state index contributed by atoms with van der Waals surface area (Å²) in [6.45, 7) is 14.1. The molecule has 0 atom stereocenters. The van der Waals surface area contributed by atoms with Gasteiger partial charge in [-0.2, -0.15) is 0 Å². The molecule has 0 aliphatic carbocycles. The molecular weight excluding hydrogens is 210 g/mol. The fourth-order valence-corrected chi connectivity index (χ4v) is 2.37. The van der Waals surface area contributed by atoms with Crippen molar-refractivity contribution in [2.24, 2.45) is 0 Å². The van der Waals surface area contributed by atoms with Gasteiger partial charge in [0.15, 0.2) is 0 Å². The molecule has 94 valence electrons. The largest absolute Gasteiger partial charge is 0.493 e. The van der Waals surface area contributed by atoms with Crippen molar-refractivity contribution in [3.8, 4) is 5.75 Å². The van der Waals surface area contributed by atoms with Gasteiger partial charge >= 0.3 is 0 Å². The van der Waals surface area contributed by atoms with E-state index < -0.39 is 0 Å². The summed E-state index contributed by atoms with van der Waals surface area (Å²) < 4.78 is 5.85. The molecule has 1 aromatic rings. The maximum absolute atomic E-state index is 5.85. The first kappa shape index (κ1) is 12.4. The average molecular weight is 233 g/mol. The van der Waals surface area contributed by atoms with Crippen LogP contribution in [0.5, 0.6) is 5.75 Å². The normalized spacial score (nSPS) is 15.6. The van der Waals surface area contributed by atoms with Gasteiger partial charge in [0.25, 0.3) is 0 Å². The summed E-state index contributed by atoms with van der Waals surface area (Å²) in [6.07, 6.45) is 3.00. The topological polar surface area (TPSA) is 22.1 Å². The molecule has 0 bridgehead atoms. The Morgan fingerprint density at radius 1 is 1.06 bits per heavy atom. The second-order valence-corrected chi connectivity index (χ2v) is 6.93. The molecule has 2 rings (SSSR count). The summed E-state index contributed by atoms with van der Waals surface area (Å²) in [5.74, 6) is 1.09. The second kappa shape index (κ2) is 3.72. The number of aromatic nitrogens is 1. The molecule has 2 nitrogen and oxygen atoms in total. The van der Waals surface area contributed by atoms with E-state index in [-0.39, 0.29) is 10.8 Å². The molecule has 0 saturated carbocycles. The number of rotatable bonds is 0. The zero-order chi connectivity index (χ0) is 12.8. The zero-order valence-corrected chi connectivity index (χ0v) is 11.8. The maximum atomic E-state index is 5.85. The van der Waals surface area contributed by atoms with E-state index in [9.17, 15) is 0 Å². The molecule has 0 fully saturated rings. The van der Waals surface area contributed by atoms with Crippen LogP contribution in [-0.2, 0) is 17.3 Å². The van der Waals surface area contributed by atoms with Gasteiger partial charge in [0.1, 0.15) is 5.75 Å². The van der Waals surface area contributed by atoms with Crippen LogP contribution in [0.1, 0.15) is 58.4 Å². The van der Waals surface area contributed by atoms with Gasteiger partial charge in [-0.05, 0) is 5.41 Å². The SMILES string of the molecule is CC(C)(C)c1cnc(C(C)(C)C)c2c1OCC2. The van der Waals surface area contributed by atoms with Crippen LogP contribution in [-0.4, -0.2) is 11.6 Å². The maximum Gasteiger partial charge on any atom is 0.129 e. The van der Waals surface area contributed by atoms with E-state index >= 15 is 0 Å². The summed E-state index contributed by atoms with van der Waals surface area (Å²) in [5, 5.41) is 0. The van der Waals surface area contributed by atoms with Crippen molar-refractivity contribution in [3.63, 3.8) is 0 Å². The van der Waals surface area contributed by atoms with E-state index in [0.717, 1.165) is 18.8 Å². The minimum atomic E-state index is 0.0915. The predicted octanol–water partition coefficient (Wildman–Crippen LogP) is 3.61. The Balaban J connectivity index is 2.62. The van der Waals surface area contributed by atoms with Gasteiger partial charge in [-0.3, -0.25) is 4.98 Å². The smallest absolute Gasteiger partial charge is 0.129 e. The van der Waals surface area contributed by atoms with E-state index in [0.29, 0.717) is 0 Å². The Bertz CT molecular complexity index is 394. The van der Waals surface area contributed by atoms with Gasteiger partial charge in [-0.1, -0.05) is 41.5 Å². The lowest BCUT2D eigenvalue weighted by Crippen LogP contribution is -2.19. The van der Waals surface area contributed by atoms with Gasteiger partial charge < -0.3 is 4.74 Å². The van der Waals surface area contributed by atoms with Crippen LogP contribution in [0.25, 0.3) is 0 Å². The Labute approximate surface area is 104 Å². The fourth-order valence-electron chi connectivity index (χ4n) is 2.37. The van der Waals surface area contributed by atoms with Gasteiger partial charge in [-0.25, -0.2) is 0 Å². The van der Waals surface area contributed by atoms with Gasteiger partial charge in [0.2, 0.25) is 0 Å². The van der Waals surface area contributed by atoms with Crippen LogP contribution in [0.2, 0.25) is 0 Å². The molecule has 1 aromatic heterocycles. The summed E-state index contributed by atoms with van der Waals surface area (Å²) in [4.78, 5) is 4.71. The minimum absolute atomic E-state index is 0.0915. The van der Waals surface area contributed by atoms with Crippen molar-refractivity contribution in [1.82, 2.24) is 4.98 Å². The number of nitrogens with zero attached hydrogens (tertiary/aromatic N) is 1. The molecule has 2 heteroatoms. The van der Waals surface area contributed by atoms with E-state index in [2.05, 4.69) is 41.5 Å². The highest BCUT2D eigenvalue weighted by molar-refractivity contribution is 5.49. The zero-order valence-electron chi connectivity index (χ0n) is 11.8. The van der Waals surface area contributed by atoms with Crippen LogP contribution in [0.3, 0.4) is 0 Å². The average Bonchev–Trinajstić information content (AvgIpc) is 2.60. The fraction of sp³-hybridized carbons (Fsp3) is 0.667. The number of fused-ring (bicyclic) bond motifs is 1. The molecule has 0 unspecified atom stereocenters. The van der Waals surface area contributed by atoms with Crippen molar-refractivity contribution in [2.45, 2.75) is 58.8 Å². The van der Waals surface area contributed by atoms with E-state index in [4.69, 9.17) is 9.72 Å². The number of hydrogen-bond donors (Lipinski definition) is 0. The highest BCUT2D eigenvalue weighted by Gasteiger charge is 2.31. The van der Waals surface area contributed by atoms with E-state index in [1.165, 1.54) is 16.8 Å². The lowest BCUT2D eigenvalue weighted by atomic mass is 9.82. The third-order valence-electron chi connectivity index (χ3n) is 3.24. The van der Waals surface area contributed by atoms with Crippen molar-refractivity contribution in [3.05, 3.63) is 23.0 Å². The highest BCUT2D eigenvalue weighted by Crippen LogP contribution is 2.40. The molecule has 0 N–H and O–H groups in total. The Kier molecular flexibility index (Phi) is 2.72. The third-order valence-corrected chi connectivity index (χ3v) is 3.24. The number of ether oxygens (including phenoxy) is 1.